The van der Waals surface area contributed by atoms with Crippen LogP contribution in [0.4, 0.5) is 0 Å². The number of hydrogen-bond donors (Lipinski definition) is 2. The van der Waals surface area contributed by atoms with Crippen LogP contribution in [-0.2, 0) is 7.05 Å². The van der Waals surface area contributed by atoms with Gasteiger partial charge < -0.3 is 15.0 Å². The second-order valence-corrected chi connectivity index (χ2v) is 5.41. The summed E-state index contributed by atoms with van der Waals surface area (Å²) in [6.45, 7) is 6.32. The molecule has 1 aromatic rings. The molecule has 4 heteroatoms. The summed E-state index contributed by atoms with van der Waals surface area (Å²) in [5, 5.41) is 13.2. The third kappa shape index (κ3) is 1.76. The number of nitrogens with one attached hydrogen (secondary N) is 1. The van der Waals surface area contributed by atoms with E-state index in [-0.39, 0.29) is 17.6 Å². The molecule has 16 heavy (non-hydrogen) atoms. The van der Waals surface area contributed by atoms with Gasteiger partial charge >= 0.3 is 0 Å². The first kappa shape index (κ1) is 11.6. The van der Waals surface area contributed by atoms with Crippen molar-refractivity contribution in [1.82, 2.24) is 14.9 Å². The van der Waals surface area contributed by atoms with Gasteiger partial charge in [-0.25, -0.2) is 4.98 Å². The van der Waals surface area contributed by atoms with Crippen molar-refractivity contribution in [3.63, 3.8) is 0 Å². The number of aliphatic hydroxyl groups excluding tert-OH is 1. The Morgan fingerprint density at radius 1 is 1.62 bits per heavy atom. The summed E-state index contributed by atoms with van der Waals surface area (Å²) in [6, 6.07) is 0.589. The zero-order valence-electron chi connectivity index (χ0n) is 10.4. The highest BCUT2D eigenvalue weighted by atomic mass is 16.3. The molecule has 0 aliphatic heterocycles. The zero-order valence-corrected chi connectivity index (χ0v) is 10.4. The lowest BCUT2D eigenvalue weighted by molar-refractivity contribution is -0.0758. The Morgan fingerprint density at radius 2 is 2.31 bits per heavy atom. The molecule has 1 heterocycles. The lowest BCUT2D eigenvalue weighted by Crippen LogP contribution is -2.60. The van der Waals surface area contributed by atoms with E-state index in [1.165, 1.54) is 0 Å². The Labute approximate surface area is 96.7 Å². The van der Waals surface area contributed by atoms with Crippen molar-refractivity contribution in [1.29, 1.82) is 0 Å². The van der Waals surface area contributed by atoms with E-state index in [9.17, 15) is 5.11 Å². The first-order chi connectivity index (χ1) is 7.43. The number of nitrogens with zero attached hydrogens (tertiary/aromatic N) is 2. The summed E-state index contributed by atoms with van der Waals surface area (Å²) < 4.78 is 2.03. The third-order valence-corrected chi connectivity index (χ3v) is 3.91. The molecule has 1 aliphatic carbocycles. The average Bonchev–Trinajstić information content (AvgIpc) is 2.64. The minimum Gasteiger partial charge on any atom is -0.392 e. The van der Waals surface area contributed by atoms with E-state index < -0.39 is 0 Å². The molecular formula is C12H21N3O. The van der Waals surface area contributed by atoms with Crippen molar-refractivity contribution >= 4 is 0 Å². The molecule has 1 aromatic heterocycles. The number of aryl methyl sites for hydroxylation is 1. The number of rotatable bonds is 3. The largest absolute Gasteiger partial charge is 0.392 e. The molecule has 0 saturated heterocycles. The smallest absolute Gasteiger partial charge is 0.125 e. The minimum atomic E-state index is -0.182. The molecule has 1 aliphatic rings. The number of imidazole rings is 1. The van der Waals surface area contributed by atoms with Gasteiger partial charge in [-0.2, -0.15) is 0 Å². The van der Waals surface area contributed by atoms with Gasteiger partial charge in [0.2, 0.25) is 0 Å². The average molecular weight is 223 g/mol. The van der Waals surface area contributed by atoms with E-state index in [2.05, 4.69) is 31.1 Å². The summed E-state index contributed by atoms with van der Waals surface area (Å²) in [7, 11) is 2.00. The Kier molecular flexibility index (Phi) is 2.80. The Hall–Kier alpha value is -0.870. The van der Waals surface area contributed by atoms with Crippen LogP contribution in [0.15, 0.2) is 12.4 Å². The van der Waals surface area contributed by atoms with Crippen LogP contribution in [0, 0.1) is 5.41 Å². The summed E-state index contributed by atoms with van der Waals surface area (Å²) in [5.41, 5.74) is -0.0283. The number of aromatic nitrogens is 2. The predicted molar refractivity (Wildman–Crippen MR) is 63.0 cm³/mol. The molecule has 0 spiro atoms. The highest BCUT2D eigenvalue weighted by Gasteiger charge is 2.47. The first-order valence-electron chi connectivity index (χ1n) is 5.84. The van der Waals surface area contributed by atoms with Gasteiger partial charge in [-0.15, -0.1) is 0 Å². The molecule has 0 aromatic carbocycles. The summed E-state index contributed by atoms with van der Waals surface area (Å²) in [6.07, 6.45) is 4.42. The Morgan fingerprint density at radius 3 is 2.75 bits per heavy atom. The van der Waals surface area contributed by atoms with E-state index in [1.54, 1.807) is 0 Å². The van der Waals surface area contributed by atoms with Gasteiger partial charge in [0.25, 0.3) is 0 Å². The molecule has 90 valence electrons. The van der Waals surface area contributed by atoms with E-state index >= 15 is 0 Å². The Balaban J connectivity index is 1.99. The zero-order chi connectivity index (χ0) is 11.9. The highest BCUT2D eigenvalue weighted by Crippen LogP contribution is 2.41. The van der Waals surface area contributed by atoms with Crippen molar-refractivity contribution < 1.29 is 5.11 Å². The quantitative estimate of drug-likeness (QED) is 0.810. The van der Waals surface area contributed by atoms with Gasteiger partial charge in [0.15, 0.2) is 0 Å². The lowest BCUT2D eigenvalue weighted by Gasteiger charge is -2.50. The summed E-state index contributed by atoms with van der Waals surface area (Å²) >= 11 is 0. The van der Waals surface area contributed by atoms with Crippen LogP contribution < -0.4 is 5.32 Å². The van der Waals surface area contributed by atoms with Crippen LogP contribution in [0.3, 0.4) is 0 Å². The summed E-state index contributed by atoms with van der Waals surface area (Å²) in [5.74, 6) is 1.04. The highest BCUT2D eigenvalue weighted by molar-refractivity contribution is 5.05. The molecule has 2 rings (SSSR count). The van der Waals surface area contributed by atoms with E-state index in [0.717, 1.165) is 12.2 Å². The van der Waals surface area contributed by atoms with Gasteiger partial charge in [-0.1, -0.05) is 13.8 Å². The fraction of sp³-hybridized carbons (Fsp3) is 0.750. The van der Waals surface area contributed by atoms with E-state index in [4.69, 9.17) is 0 Å². The van der Waals surface area contributed by atoms with Crippen molar-refractivity contribution in [3.8, 4) is 0 Å². The molecule has 3 atom stereocenters. The van der Waals surface area contributed by atoms with Crippen LogP contribution in [-0.4, -0.2) is 26.8 Å². The van der Waals surface area contributed by atoms with Crippen LogP contribution in [0.5, 0.6) is 0 Å². The van der Waals surface area contributed by atoms with Crippen LogP contribution >= 0.6 is 0 Å². The molecule has 4 nitrogen and oxygen atoms in total. The number of hydrogen-bond acceptors (Lipinski definition) is 3. The van der Waals surface area contributed by atoms with Crippen molar-refractivity contribution in [2.45, 2.75) is 45.4 Å². The minimum absolute atomic E-state index is 0.0283. The van der Waals surface area contributed by atoms with Gasteiger partial charge in [0.05, 0.1) is 12.1 Å². The lowest BCUT2D eigenvalue weighted by atomic mass is 9.64. The normalized spacial score (nSPS) is 29.8. The molecule has 1 saturated carbocycles. The monoisotopic (exact) mass is 223 g/mol. The molecular weight excluding hydrogens is 202 g/mol. The standard InChI is InChI=1S/C12H21N3O/c1-8(11-13-5-6-15(11)4)14-9-7-10(16)12(9,2)3/h5-6,8-10,14,16H,7H2,1-4H3. The maximum Gasteiger partial charge on any atom is 0.125 e. The fourth-order valence-electron chi connectivity index (χ4n) is 2.36. The van der Waals surface area contributed by atoms with Crippen LogP contribution in [0.25, 0.3) is 0 Å². The van der Waals surface area contributed by atoms with E-state index in [1.807, 2.05) is 24.0 Å². The fourth-order valence-corrected chi connectivity index (χ4v) is 2.36. The Bertz CT molecular complexity index is 372. The van der Waals surface area contributed by atoms with Gasteiger partial charge in [-0.3, -0.25) is 0 Å². The molecule has 2 N–H and O–H groups in total. The van der Waals surface area contributed by atoms with Crippen LogP contribution in [0.2, 0.25) is 0 Å². The van der Waals surface area contributed by atoms with Crippen molar-refractivity contribution in [2.75, 3.05) is 0 Å². The maximum atomic E-state index is 9.68. The molecule has 1 fully saturated rings. The number of aliphatic hydroxyl groups is 1. The second kappa shape index (κ2) is 3.86. The maximum absolute atomic E-state index is 9.68. The topological polar surface area (TPSA) is 50.1 Å². The van der Waals surface area contributed by atoms with Gasteiger partial charge in [-0.05, 0) is 13.3 Å². The van der Waals surface area contributed by atoms with Crippen molar-refractivity contribution in [3.05, 3.63) is 18.2 Å². The molecule has 3 unspecified atom stereocenters. The predicted octanol–water partition coefficient (Wildman–Crippen LogP) is 1.23. The van der Waals surface area contributed by atoms with E-state index in [0.29, 0.717) is 6.04 Å². The molecule has 0 amide bonds. The molecule has 0 radical (unpaired) electrons. The SMILES string of the molecule is CC(NC1CC(O)C1(C)C)c1nccn1C. The van der Waals surface area contributed by atoms with Gasteiger partial charge in [0, 0.05) is 30.9 Å². The summed E-state index contributed by atoms with van der Waals surface area (Å²) in [4.78, 5) is 4.33. The first-order valence-corrected chi connectivity index (χ1v) is 5.84. The third-order valence-electron chi connectivity index (χ3n) is 3.91. The second-order valence-electron chi connectivity index (χ2n) is 5.41. The molecule has 0 bridgehead atoms. The van der Waals surface area contributed by atoms with Crippen LogP contribution in [0.1, 0.15) is 39.1 Å². The van der Waals surface area contributed by atoms with Crippen molar-refractivity contribution in [2.24, 2.45) is 12.5 Å². The van der Waals surface area contributed by atoms with Gasteiger partial charge in [0.1, 0.15) is 5.82 Å².